The van der Waals surface area contributed by atoms with Crippen molar-refractivity contribution in [3.63, 3.8) is 0 Å². The van der Waals surface area contributed by atoms with Crippen LogP contribution in [0.25, 0.3) is 0 Å². The molecule has 0 aliphatic heterocycles. The van der Waals surface area contributed by atoms with Gasteiger partial charge in [0, 0.05) is 0 Å². The number of benzene rings is 2. The van der Waals surface area contributed by atoms with E-state index in [4.69, 9.17) is 5.73 Å². The van der Waals surface area contributed by atoms with Crippen molar-refractivity contribution in [3.8, 4) is 0 Å². The van der Waals surface area contributed by atoms with E-state index in [1.54, 1.807) is 4.90 Å². The van der Waals surface area contributed by atoms with Gasteiger partial charge in [0.15, 0.2) is 0 Å². The molecular weight excluding hydrogens is 467 g/mol. The summed E-state index contributed by atoms with van der Waals surface area (Å²) in [4.78, 5) is 14.9. The predicted octanol–water partition coefficient (Wildman–Crippen LogP) is 3.56. The number of rotatable bonds is 9. The van der Waals surface area contributed by atoms with Gasteiger partial charge < -0.3 is 20.8 Å². The van der Waals surface area contributed by atoms with Gasteiger partial charge in [-0.25, -0.2) is 0 Å². The highest BCUT2D eigenvalue weighted by atomic mass is 127. The average molecular weight is 496 g/mol. The minimum absolute atomic E-state index is 0.331. The number of carbonyl (C=O) groups excluding carboxylic acids is 1. The third-order valence-corrected chi connectivity index (χ3v) is 6.13. The van der Waals surface area contributed by atoms with E-state index in [-0.39, 0.29) is 5.91 Å². The number of carbonyl (C=O) groups is 1. The highest BCUT2D eigenvalue weighted by Gasteiger charge is 2.41. The Morgan fingerprint density at radius 1 is 1.04 bits per heavy atom. The lowest BCUT2D eigenvalue weighted by Crippen LogP contribution is -2.57. The number of nitrogens with zero attached hydrogens (tertiary/aromatic N) is 1. The fourth-order valence-electron chi connectivity index (χ4n) is 3.38. The van der Waals surface area contributed by atoms with Crippen LogP contribution in [0.1, 0.15) is 50.0 Å². The van der Waals surface area contributed by atoms with Crippen LogP contribution in [0.2, 0.25) is 0 Å². The Hall–Kier alpha value is -1.48. The Morgan fingerprint density at radius 3 is 1.93 bits per heavy atom. The van der Waals surface area contributed by atoms with Gasteiger partial charge in [0.25, 0.3) is 0 Å². The van der Waals surface area contributed by atoms with E-state index in [2.05, 4.69) is 22.6 Å². The van der Waals surface area contributed by atoms with Crippen molar-refractivity contribution in [2.75, 3.05) is 4.55 Å². The second kappa shape index (κ2) is 10.3. The van der Waals surface area contributed by atoms with Gasteiger partial charge in [0.05, 0.1) is 16.2 Å². The lowest BCUT2D eigenvalue weighted by Gasteiger charge is -2.39. The molecule has 3 atom stereocenters. The molecule has 1 amide bonds. The molecule has 0 spiro atoms. The largest absolute Gasteiger partial charge is 0.388 e. The molecule has 2 aromatic rings. The maximum absolute atomic E-state index is 13.3. The van der Waals surface area contributed by atoms with Crippen molar-refractivity contribution >= 4 is 28.5 Å². The van der Waals surface area contributed by atoms with Crippen LogP contribution in [-0.4, -0.2) is 37.2 Å². The molecule has 2 aromatic carbocycles. The smallest absolute Gasteiger partial charge is 0.243 e. The summed E-state index contributed by atoms with van der Waals surface area (Å²) >= 11 is 2.10. The molecule has 0 radical (unpaired) electrons. The van der Waals surface area contributed by atoms with Crippen molar-refractivity contribution in [2.24, 2.45) is 5.73 Å². The lowest BCUT2D eigenvalue weighted by molar-refractivity contribution is -0.143. The monoisotopic (exact) mass is 496 g/mol. The van der Waals surface area contributed by atoms with Crippen LogP contribution in [0.5, 0.6) is 0 Å². The normalized spacial score (nSPS) is 14.9. The second-order valence-corrected chi connectivity index (χ2v) is 7.61. The first-order valence-corrected chi connectivity index (χ1v) is 11.0. The summed E-state index contributed by atoms with van der Waals surface area (Å²) in [6.45, 7) is 3.64. The summed E-state index contributed by atoms with van der Waals surface area (Å²) in [6, 6.07) is 17.0. The fourth-order valence-corrected chi connectivity index (χ4v) is 4.14. The van der Waals surface area contributed by atoms with Crippen molar-refractivity contribution < 1.29 is 15.0 Å². The van der Waals surface area contributed by atoms with E-state index in [0.717, 1.165) is 5.56 Å². The first kappa shape index (κ1) is 22.8. The summed E-state index contributed by atoms with van der Waals surface area (Å²) in [5, 5.41) is 22.0. The number of hydrogen-bond acceptors (Lipinski definition) is 4. The molecule has 4 N–H and O–H groups in total. The number of amides is 1. The zero-order valence-corrected chi connectivity index (χ0v) is 18.5. The molecule has 28 heavy (non-hydrogen) atoms. The minimum atomic E-state index is -1.28. The van der Waals surface area contributed by atoms with Gasteiger partial charge in [0.2, 0.25) is 5.91 Å². The van der Waals surface area contributed by atoms with Crippen LogP contribution >= 0.6 is 22.6 Å². The van der Waals surface area contributed by atoms with Gasteiger partial charge in [-0.1, -0.05) is 97.1 Å². The van der Waals surface area contributed by atoms with E-state index in [1.807, 2.05) is 74.5 Å². The lowest BCUT2D eigenvalue weighted by atomic mass is 9.87. The van der Waals surface area contributed by atoms with Crippen LogP contribution in [0.3, 0.4) is 0 Å². The standard InChI is InChI=1S/C22H29IN2O3/c1-3-22(28,4-2)20(24)21(27)25(15-23)18(16-11-7-5-8-12-16)19(26)17-13-9-6-10-14-17/h5-14,18-20,26,28H,3-4,15,24H2,1-2H3/t18-,19-,20-/m1/s1. The third-order valence-electron chi connectivity index (χ3n) is 5.40. The minimum Gasteiger partial charge on any atom is -0.388 e. The highest BCUT2D eigenvalue weighted by molar-refractivity contribution is 14.1. The molecule has 0 aliphatic rings. The summed E-state index contributed by atoms with van der Waals surface area (Å²) in [5.41, 5.74) is 6.47. The van der Waals surface area contributed by atoms with Gasteiger partial charge in [-0.15, -0.1) is 0 Å². The van der Waals surface area contributed by atoms with Crippen LogP contribution < -0.4 is 5.73 Å². The molecule has 0 saturated heterocycles. The van der Waals surface area contributed by atoms with E-state index < -0.39 is 23.8 Å². The van der Waals surface area contributed by atoms with Crippen molar-refractivity contribution in [2.45, 2.75) is 50.5 Å². The van der Waals surface area contributed by atoms with E-state index in [1.165, 1.54) is 0 Å². The molecule has 0 aromatic heterocycles. The van der Waals surface area contributed by atoms with Crippen LogP contribution in [0.15, 0.2) is 60.7 Å². The summed E-state index contributed by atoms with van der Waals surface area (Å²) in [7, 11) is 0. The Labute approximate surface area is 180 Å². The Morgan fingerprint density at radius 2 is 1.50 bits per heavy atom. The van der Waals surface area contributed by atoms with Gasteiger partial charge in [-0.3, -0.25) is 4.79 Å². The molecule has 152 valence electrons. The third kappa shape index (κ3) is 4.92. The maximum atomic E-state index is 13.3. The number of hydrogen-bond donors (Lipinski definition) is 3. The number of aliphatic hydroxyl groups excluding tert-OH is 1. The van der Waals surface area contributed by atoms with Gasteiger partial charge in [-0.05, 0) is 24.0 Å². The SMILES string of the molecule is CCC(O)(CC)[C@H](N)C(=O)N(CI)[C@H](c1ccccc1)[C@H](O)c1ccccc1. The van der Waals surface area contributed by atoms with Crippen LogP contribution in [-0.2, 0) is 4.79 Å². The summed E-state index contributed by atoms with van der Waals surface area (Å²) in [6.07, 6.45) is -0.170. The summed E-state index contributed by atoms with van der Waals surface area (Å²) in [5.74, 6) is -0.371. The van der Waals surface area contributed by atoms with Gasteiger partial charge in [-0.2, -0.15) is 0 Å². The first-order chi connectivity index (χ1) is 13.4. The average Bonchev–Trinajstić information content (AvgIpc) is 2.76. The molecule has 2 rings (SSSR count). The van der Waals surface area contributed by atoms with Crippen molar-refractivity contribution in [1.82, 2.24) is 4.90 Å². The number of alkyl halides is 1. The first-order valence-electron chi connectivity index (χ1n) is 9.52. The Bertz CT molecular complexity index is 738. The molecule has 0 heterocycles. The topological polar surface area (TPSA) is 86.8 Å². The molecular formula is C22H29IN2O3. The summed E-state index contributed by atoms with van der Waals surface area (Å²) < 4.78 is 0.331. The van der Waals surface area contributed by atoms with E-state index in [0.29, 0.717) is 23.0 Å². The molecule has 0 unspecified atom stereocenters. The molecule has 0 aliphatic carbocycles. The Balaban J connectivity index is 2.47. The molecule has 0 fully saturated rings. The van der Waals surface area contributed by atoms with Gasteiger partial charge in [0.1, 0.15) is 12.1 Å². The van der Waals surface area contributed by atoms with E-state index in [9.17, 15) is 15.0 Å². The second-order valence-electron chi connectivity index (χ2n) is 6.93. The number of aliphatic hydroxyl groups is 2. The predicted molar refractivity (Wildman–Crippen MR) is 120 cm³/mol. The van der Waals surface area contributed by atoms with Crippen LogP contribution in [0, 0.1) is 0 Å². The van der Waals surface area contributed by atoms with Crippen LogP contribution in [0.4, 0.5) is 0 Å². The van der Waals surface area contributed by atoms with Crippen molar-refractivity contribution in [1.29, 1.82) is 0 Å². The number of halogens is 1. The molecule has 0 saturated carbocycles. The number of nitrogens with two attached hydrogens (primary N) is 1. The highest BCUT2D eigenvalue weighted by Crippen LogP contribution is 2.36. The zero-order valence-electron chi connectivity index (χ0n) is 16.3. The Kier molecular flexibility index (Phi) is 8.42. The van der Waals surface area contributed by atoms with Crippen molar-refractivity contribution in [3.05, 3.63) is 71.8 Å². The van der Waals surface area contributed by atoms with Gasteiger partial charge >= 0.3 is 0 Å². The zero-order chi connectivity index (χ0) is 20.7. The van der Waals surface area contributed by atoms with E-state index >= 15 is 0 Å². The fraction of sp³-hybridized carbons (Fsp3) is 0.409. The molecule has 5 nitrogen and oxygen atoms in total. The molecule has 0 bridgehead atoms. The maximum Gasteiger partial charge on any atom is 0.243 e. The molecule has 6 heteroatoms. The quantitative estimate of drug-likeness (QED) is 0.282.